The number of rotatable bonds is 4. The first-order valence-electron chi connectivity index (χ1n) is 10.7. The smallest absolute Gasteiger partial charge is 0.123 e. The zero-order valence-corrected chi connectivity index (χ0v) is 15.7. The Morgan fingerprint density at radius 3 is 2.62 bits per heavy atom. The molecule has 2 heteroatoms. The Morgan fingerprint density at radius 2 is 1.83 bits per heavy atom. The van der Waals surface area contributed by atoms with Crippen molar-refractivity contribution in [2.24, 2.45) is 46.8 Å². The second-order valence-electron chi connectivity index (χ2n) is 9.64. The van der Waals surface area contributed by atoms with Crippen LogP contribution in [0.15, 0.2) is 0 Å². The molecule has 0 radical (unpaired) electrons. The molecule has 0 aliphatic heterocycles. The Balaban J connectivity index is 1.45. The van der Waals surface area contributed by atoms with Crippen LogP contribution in [0.4, 0.5) is 0 Å². The Kier molecular flexibility index (Phi) is 4.79. The highest BCUT2D eigenvalue weighted by molar-refractivity contribution is 5.56. The fourth-order valence-electron chi connectivity index (χ4n) is 7.65. The van der Waals surface area contributed by atoms with E-state index in [-0.39, 0.29) is 0 Å². The normalized spacial score (nSPS) is 50.7. The highest BCUT2D eigenvalue weighted by Gasteiger charge is 2.56. The summed E-state index contributed by atoms with van der Waals surface area (Å²) >= 11 is 0. The molecule has 0 aromatic heterocycles. The summed E-state index contributed by atoms with van der Waals surface area (Å²) in [6, 6.07) is 0. The SMILES string of the molecule is CCOC[C@H]1CC[C@H]2[C@H](CC[C@@H]3[C@@H]2CC[C@]2(C)[C@@H](C=O)CC[C@@H]32)C1. The van der Waals surface area contributed by atoms with E-state index in [1.54, 1.807) is 0 Å². The molecule has 8 atom stereocenters. The molecule has 4 saturated carbocycles. The number of hydrogen-bond acceptors (Lipinski definition) is 2. The van der Waals surface area contributed by atoms with E-state index < -0.39 is 0 Å². The van der Waals surface area contributed by atoms with Gasteiger partial charge in [-0.3, -0.25) is 0 Å². The van der Waals surface area contributed by atoms with Crippen LogP contribution in [0.2, 0.25) is 0 Å². The molecule has 24 heavy (non-hydrogen) atoms. The van der Waals surface area contributed by atoms with Crippen molar-refractivity contribution < 1.29 is 9.53 Å². The third-order valence-electron chi connectivity index (χ3n) is 8.86. The lowest BCUT2D eigenvalue weighted by Crippen LogP contribution is -2.48. The maximum absolute atomic E-state index is 11.6. The molecule has 0 unspecified atom stereocenters. The molecule has 0 spiro atoms. The van der Waals surface area contributed by atoms with Crippen molar-refractivity contribution in [3.05, 3.63) is 0 Å². The zero-order chi connectivity index (χ0) is 16.7. The zero-order valence-electron chi connectivity index (χ0n) is 15.7. The van der Waals surface area contributed by atoms with Crippen molar-refractivity contribution in [1.82, 2.24) is 0 Å². The minimum absolute atomic E-state index is 0.335. The van der Waals surface area contributed by atoms with Crippen molar-refractivity contribution in [3.8, 4) is 0 Å². The van der Waals surface area contributed by atoms with Crippen LogP contribution in [0, 0.1) is 46.8 Å². The molecule has 4 aliphatic rings. The Hall–Kier alpha value is -0.370. The fourth-order valence-corrected chi connectivity index (χ4v) is 7.65. The summed E-state index contributed by atoms with van der Waals surface area (Å²) in [5.74, 6) is 5.87. The fraction of sp³-hybridized carbons (Fsp3) is 0.955. The predicted octanol–water partition coefficient (Wildman–Crippen LogP) is 5.11. The van der Waals surface area contributed by atoms with Crippen LogP contribution in [0.3, 0.4) is 0 Å². The van der Waals surface area contributed by atoms with Gasteiger partial charge in [-0.1, -0.05) is 6.92 Å². The number of ether oxygens (including phenoxy) is 1. The average molecular weight is 333 g/mol. The largest absolute Gasteiger partial charge is 0.381 e. The first-order chi connectivity index (χ1) is 11.7. The summed E-state index contributed by atoms with van der Waals surface area (Å²) in [6.07, 6.45) is 13.7. The number of carbonyl (C=O) groups is 1. The van der Waals surface area contributed by atoms with E-state index in [0.717, 1.165) is 48.7 Å². The van der Waals surface area contributed by atoms with E-state index in [4.69, 9.17) is 4.74 Å². The van der Waals surface area contributed by atoms with Gasteiger partial charge in [0.2, 0.25) is 0 Å². The molecule has 0 aromatic carbocycles. The molecular weight excluding hydrogens is 296 g/mol. The van der Waals surface area contributed by atoms with Crippen molar-refractivity contribution >= 4 is 6.29 Å². The number of hydrogen-bond donors (Lipinski definition) is 0. The van der Waals surface area contributed by atoms with Gasteiger partial charge in [0.1, 0.15) is 6.29 Å². The molecule has 2 nitrogen and oxygen atoms in total. The van der Waals surface area contributed by atoms with Gasteiger partial charge in [0.25, 0.3) is 0 Å². The van der Waals surface area contributed by atoms with Crippen LogP contribution in [0.25, 0.3) is 0 Å². The van der Waals surface area contributed by atoms with Gasteiger partial charge in [0.15, 0.2) is 0 Å². The van der Waals surface area contributed by atoms with Gasteiger partial charge in [-0.2, -0.15) is 0 Å². The molecule has 4 rings (SSSR count). The summed E-state index contributed by atoms with van der Waals surface area (Å²) < 4.78 is 5.72. The molecule has 4 aliphatic carbocycles. The first kappa shape index (κ1) is 17.1. The van der Waals surface area contributed by atoms with E-state index in [2.05, 4.69) is 13.8 Å². The lowest BCUT2D eigenvalue weighted by Gasteiger charge is -2.56. The highest BCUT2D eigenvalue weighted by Crippen LogP contribution is 2.64. The Bertz CT molecular complexity index is 461. The average Bonchev–Trinajstić information content (AvgIpc) is 2.95. The molecule has 0 N–H and O–H groups in total. The molecule has 0 aromatic rings. The topological polar surface area (TPSA) is 26.3 Å². The Labute approximate surface area is 148 Å². The quantitative estimate of drug-likeness (QED) is 0.669. The predicted molar refractivity (Wildman–Crippen MR) is 96.6 cm³/mol. The Morgan fingerprint density at radius 1 is 1.00 bits per heavy atom. The minimum Gasteiger partial charge on any atom is -0.381 e. The van der Waals surface area contributed by atoms with E-state index in [0.29, 0.717) is 11.3 Å². The summed E-state index contributed by atoms with van der Waals surface area (Å²) in [4.78, 5) is 11.6. The molecule has 0 saturated heterocycles. The van der Waals surface area contributed by atoms with Crippen LogP contribution in [-0.4, -0.2) is 19.5 Å². The second-order valence-corrected chi connectivity index (χ2v) is 9.64. The van der Waals surface area contributed by atoms with Crippen molar-refractivity contribution in [1.29, 1.82) is 0 Å². The summed E-state index contributed by atoms with van der Waals surface area (Å²) in [5, 5.41) is 0. The van der Waals surface area contributed by atoms with Crippen LogP contribution in [0.5, 0.6) is 0 Å². The van der Waals surface area contributed by atoms with Gasteiger partial charge in [-0.15, -0.1) is 0 Å². The highest BCUT2D eigenvalue weighted by atomic mass is 16.5. The lowest BCUT2D eigenvalue weighted by molar-refractivity contribution is -0.118. The molecule has 136 valence electrons. The van der Waals surface area contributed by atoms with Gasteiger partial charge in [-0.25, -0.2) is 0 Å². The van der Waals surface area contributed by atoms with Crippen LogP contribution >= 0.6 is 0 Å². The molecular formula is C22H36O2. The molecule has 4 fully saturated rings. The van der Waals surface area contributed by atoms with Gasteiger partial charge < -0.3 is 9.53 Å². The molecule has 0 amide bonds. The summed E-state index contributed by atoms with van der Waals surface area (Å²) in [6.45, 7) is 6.43. The van der Waals surface area contributed by atoms with Gasteiger partial charge >= 0.3 is 0 Å². The monoisotopic (exact) mass is 332 g/mol. The summed E-state index contributed by atoms with van der Waals surface area (Å²) in [5.41, 5.74) is 0.335. The van der Waals surface area contributed by atoms with Gasteiger partial charge in [0, 0.05) is 19.1 Å². The maximum atomic E-state index is 11.6. The third-order valence-corrected chi connectivity index (χ3v) is 8.86. The summed E-state index contributed by atoms with van der Waals surface area (Å²) in [7, 11) is 0. The van der Waals surface area contributed by atoms with Gasteiger partial charge in [0.05, 0.1) is 0 Å². The maximum Gasteiger partial charge on any atom is 0.123 e. The van der Waals surface area contributed by atoms with E-state index >= 15 is 0 Å². The van der Waals surface area contributed by atoms with E-state index in [1.165, 1.54) is 64.1 Å². The first-order valence-corrected chi connectivity index (χ1v) is 10.7. The van der Waals surface area contributed by atoms with E-state index in [1.807, 2.05) is 0 Å². The number of carbonyl (C=O) groups excluding carboxylic acids is 1. The van der Waals surface area contributed by atoms with Gasteiger partial charge in [-0.05, 0) is 106 Å². The second kappa shape index (κ2) is 6.74. The van der Waals surface area contributed by atoms with E-state index in [9.17, 15) is 4.79 Å². The van der Waals surface area contributed by atoms with Crippen molar-refractivity contribution in [2.45, 2.75) is 71.6 Å². The van der Waals surface area contributed by atoms with Crippen LogP contribution in [0.1, 0.15) is 71.6 Å². The van der Waals surface area contributed by atoms with Crippen molar-refractivity contribution in [2.75, 3.05) is 13.2 Å². The number of fused-ring (bicyclic) bond motifs is 5. The molecule has 0 heterocycles. The minimum atomic E-state index is 0.335. The van der Waals surface area contributed by atoms with Crippen LogP contribution in [-0.2, 0) is 9.53 Å². The van der Waals surface area contributed by atoms with Crippen molar-refractivity contribution in [3.63, 3.8) is 0 Å². The van der Waals surface area contributed by atoms with Crippen LogP contribution < -0.4 is 0 Å². The molecule has 0 bridgehead atoms. The lowest BCUT2D eigenvalue weighted by atomic mass is 9.49. The third kappa shape index (κ3) is 2.68. The standard InChI is InChI=1S/C22H36O2/c1-3-24-14-15-4-7-18-16(12-15)5-8-20-19(18)10-11-22(2)17(13-23)6-9-21(20)22/h13,15-21H,3-12,14H2,1-2H3/t15-,16+,17+,18-,19+,20+,21-,22+/m0/s1. The number of aldehydes is 1.